The molecule has 6 nitrogen and oxygen atoms in total. The van der Waals surface area contributed by atoms with Crippen LogP contribution in [0, 0.1) is 0 Å². The van der Waals surface area contributed by atoms with E-state index >= 15 is 0 Å². The third-order valence-corrected chi connectivity index (χ3v) is 3.58. The average Bonchev–Trinajstić information content (AvgIpc) is 2.81. The van der Waals surface area contributed by atoms with E-state index in [1.807, 2.05) is 0 Å². The second-order valence-electron chi connectivity index (χ2n) is 4.81. The standard InChI is InChI=1S/C14H12N2O4/c17-12-4-2-8(13(18)16-12)10-6-15-11-3-1-7(14(19)20)5-9(10)11/h1,3,5-6,8,15H,2,4H2,(H,19,20)(H,16,17,18). The number of H-pyrrole nitrogens is 1. The molecule has 20 heavy (non-hydrogen) atoms. The molecule has 0 aliphatic carbocycles. The van der Waals surface area contributed by atoms with Gasteiger partial charge in [-0.2, -0.15) is 0 Å². The molecule has 1 saturated heterocycles. The molecule has 1 aromatic carbocycles. The van der Waals surface area contributed by atoms with Crippen molar-refractivity contribution in [1.82, 2.24) is 10.3 Å². The van der Waals surface area contributed by atoms with Gasteiger partial charge in [0.05, 0.1) is 11.5 Å². The van der Waals surface area contributed by atoms with Crippen LogP contribution >= 0.6 is 0 Å². The first-order valence-corrected chi connectivity index (χ1v) is 6.24. The van der Waals surface area contributed by atoms with E-state index in [0.717, 1.165) is 11.1 Å². The SMILES string of the molecule is O=C1CCC(c2c[nH]c3ccc(C(=O)O)cc23)C(=O)N1. The van der Waals surface area contributed by atoms with Gasteiger partial charge < -0.3 is 10.1 Å². The third-order valence-electron chi connectivity index (χ3n) is 3.58. The smallest absolute Gasteiger partial charge is 0.335 e. The van der Waals surface area contributed by atoms with Crippen LogP contribution in [0.4, 0.5) is 0 Å². The van der Waals surface area contributed by atoms with E-state index in [1.165, 1.54) is 6.07 Å². The van der Waals surface area contributed by atoms with Crippen molar-refractivity contribution in [3.8, 4) is 0 Å². The number of nitrogens with one attached hydrogen (secondary N) is 2. The van der Waals surface area contributed by atoms with Crippen molar-refractivity contribution >= 4 is 28.7 Å². The highest BCUT2D eigenvalue weighted by Gasteiger charge is 2.29. The van der Waals surface area contributed by atoms with Gasteiger partial charge in [0.2, 0.25) is 11.8 Å². The van der Waals surface area contributed by atoms with Gasteiger partial charge in [0.25, 0.3) is 0 Å². The predicted molar refractivity (Wildman–Crippen MR) is 70.4 cm³/mol. The molecular weight excluding hydrogens is 260 g/mol. The second-order valence-corrected chi connectivity index (χ2v) is 4.81. The van der Waals surface area contributed by atoms with E-state index in [1.54, 1.807) is 18.3 Å². The number of piperidine rings is 1. The quantitative estimate of drug-likeness (QED) is 0.719. The Morgan fingerprint density at radius 1 is 1.30 bits per heavy atom. The molecule has 1 aliphatic rings. The van der Waals surface area contributed by atoms with Gasteiger partial charge in [-0.3, -0.25) is 14.9 Å². The number of carboxylic acid groups (broad SMARTS) is 1. The molecule has 3 N–H and O–H groups in total. The predicted octanol–water partition coefficient (Wildman–Crippen LogP) is 1.39. The van der Waals surface area contributed by atoms with Crippen LogP contribution in [0.5, 0.6) is 0 Å². The molecule has 0 bridgehead atoms. The van der Waals surface area contributed by atoms with Crippen LogP contribution in [0.2, 0.25) is 0 Å². The first kappa shape index (κ1) is 12.4. The Labute approximate surface area is 113 Å². The summed E-state index contributed by atoms with van der Waals surface area (Å²) in [7, 11) is 0. The Hall–Kier alpha value is -2.63. The van der Waals surface area contributed by atoms with Crippen LogP contribution < -0.4 is 5.32 Å². The lowest BCUT2D eigenvalue weighted by Crippen LogP contribution is -2.39. The maximum Gasteiger partial charge on any atom is 0.335 e. The van der Waals surface area contributed by atoms with Crippen molar-refractivity contribution in [2.75, 3.05) is 0 Å². The summed E-state index contributed by atoms with van der Waals surface area (Å²) in [5, 5.41) is 12.1. The number of hydrogen-bond donors (Lipinski definition) is 3. The fourth-order valence-corrected chi connectivity index (χ4v) is 2.55. The van der Waals surface area contributed by atoms with E-state index < -0.39 is 11.9 Å². The largest absolute Gasteiger partial charge is 0.478 e. The first-order valence-electron chi connectivity index (χ1n) is 6.24. The molecule has 2 amide bonds. The van der Waals surface area contributed by atoms with Crippen LogP contribution in [0.3, 0.4) is 0 Å². The summed E-state index contributed by atoms with van der Waals surface area (Å²) in [6, 6.07) is 4.73. The minimum atomic E-state index is -1.01. The van der Waals surface area contributed by atoms with E-state index in [4.69, 9.17) is 5.11 Å². The fraction of sp³-hybridized carbons (Fsp3) is 0.214. The van der Waals surface area contributed by atoms with E-state index in [9.17, 15) is 14.4 Å². The summed E-state index contributed by atoms with van der Waals surface area (Å²) in [6.45, 7) is 0. The van der Waals surface area contributed by atoms with Crippen molar-refractivity contribution in [2.45, 2.75) is 18.8 Å². The summed E-state index contributed by atoms with van der Waals surface area (Å²) in [5.74, 6) is -2.03. The number of aromatic nitrogens is 1. The third kappa shape index (κ3) is 1.95. The molecule has 0 spiro atoms. The van der Waals surface area contributed by atoms with Crippen LogP contribution in [0.25, 0.3) is 10.9 Å². The number of aromatic carboxylic acids is 1. The molecular formula is C14H12N2O4. The number of rotatable bonds is 2. The Kier molecular flexibility index (Phi) is 2.78. The zero-order valence-electron chi connectivity index (χ0n) is 10.5. The van der Waals surface area contributed by atoms with Gasteiger partial charge in [0, 0.05) is 23.5 Å². The number of carbonyl (C=O) groups excluding carboxylic acids is 2. The average molecular weight is 272 g/mol. The normalized spacial score (nSPS) is 19.1. The molecule has 3 rings (SSSR count). The van der Waals surface area contributed by atoms with Crippen molar-refractivity contribution in [3.05, 3.63) is 35.5 Å². The van der Waals surface area contributed by atoms with E-state index in [0.29, 0.717) is 18.2 Å². The lowest BCUT2D eigenvalue weighted by molar-refractivity contribution is -0.134. The topological polar surface area (TPSA) is 99.3 Å². The van der Waals surface area contributed by atoms with Crippen LogP contribution in [0.15, 0.2) is 24.4 Å². The molecule has 1 atom stereocenters. The van der Waals surface area contributed by atoms with Gasteiger partial charge in [-0.15, -0.1) is 0 Å². The van der Waals surface area contributed by atoms with Gasteiger partial charge >= 0.3 is 5.97 Å². The molecule has 2 aromatic rings. The summed E-state index contributed by atoms with van der Waals surface area (Å²) in [4.78, 5) is 37.1. The van der Waals surface area contributed by atoms with Gasteiger partial charge in [-0.25, -0.2) is 4.79 Å². The molecule has 6 heteroatoms. The number of hydrogen-bond acceptors (Lipinski definition) is 3. The Morgan fingerprint density at radius 2 is 2.10 bits per heavy atom. The van der Waals surface area contributed by atoms with Gasteiger partial charge in [-0.05, 0) is 30.2 Å². The van der Waals surface area contributed by atoms with Crippen LogP contribution in [0.1, 0.15) is 34.7 Å². The lowest BCUT2D eigenvalue weighted by Gasteiger charge is -2.20. The van der Waals surface area contributed by atoms with Gasteiger partial charge in [0.1, 0.15) is 0 Å². The monoisotopic (exact) mass is 272 g/mol. The molecule has 102 valence electrons. The molecule has 0 saturated carbocycles. The number of amides is 2. The highest BCUT2D eigenvalue weighted by molar-refractivity contribution is 6.03. The zero-order chi connectivity index (χ0) is 14.3. The minimum absolute atomic E-state index is 0.172. The maximum atomic E-state index is 11.9. The number of imide groups is 1. The summed E-state index contributed by atoms with van der Waals surface area (Å²) in [6.07, 6.45) is 2.44. The van der Waals surface area contributed by atoms with Gasteiger partial charge in [0.15, 0.2) is 0 Å². The van der Waals surface area contributed by atoms with Gasteiger partial charge in [-0.1, -0.05) is 0 Å². The fourth-order valence-electron chi connectivity index (χ4n) is 2.55. The summed E-state index contributed by atoms with van der Waals surface area (Å²) >= 11 is 0. The highest BCUT2D eigenvalue weighted by atomic mass is 16.4. The van der Waals surface area contributed by atoms with E-state index in [-0.39, 0.29) is 17.4 Å². The number of carboxylic acids is 1. The van der Waals surface area contributed by atoms with Crippen molar-refractivity contribution in [1.29, 1.82) is 0 Å². The number of aromatic amines is 1. The highest BCUT2D eigenvalue weighted by Crippen LogP contribution is 2.31. The molecule has 1 unspecified atom stereocenters. The molecule has 0 radical (unpaired) electrons. The second kappa shape index (κ2) is 4.48. The zero-order valence-corrected chi connectivity index (χ0v) is 10.5. The Morgan fingerprint density at radius 3 is 2.80 bits per heavy atom. The Bertz CT molecular complexity index is 732. The molecule has 1 aliphatic heterocycles. The lowest BCUT2D eigenvalue weighted by atomic mass is 9.90. The van der Waals surface area contributed by atoms with Crippen molar-refractivity contribution < 1.29 is 19.5 Å². The van der Waals surface area contributed by atoms with E-state index in [2.05, 4.69) is 10.3 Å². The number of fused-ring (bicyclic) bond motifs is 1. The van der Waals surface area contributed by atoms with Crippen molar-refractivity contribution in [3.63, 3.8) is 0 Å². The molecule has 1 fully saturated rings. The van der Waals surface area contributed by atoms with Crippen LogP contribution in [-0.2, 0) is 9.59 Å². The maximum absolute atomic E-state index is 11.9. The number of carbonyl (C=O) groups is 3. The first-order chi connectivity index (χ1) is 9.56. The summed E-state index contributed by atoms with van der Waals surface area (Å²) in [5.41, 5.74) is 1.67. The van der Waals surface area contributed by atoms with Crippen molar-refractivity contribution in [2.24, 2.45) is 0 Å². The molecule has 2 heterocycles. The van der Waals surface area contributed by atoms with Crippen LogP contribution in [-0.4, -0.2) is 27.9 Å². The number of benzene rings is 1. The molecule has 1 aromatic heterocycles. The Balaban J connectivity index is 2.07. The minimum Gasteiger partial charge on any atom is -0.478 e. The summed E-state index contributed by atoms with van der Waals surface area (Å²) < 4.78 is 0.